The second kappa shape index (κ2) is 6.21. The Balaban J connectivity index is 2.18. The van der Waals surface area contributed by atoms with Crippen LogP contribution in [-0.2, 0) is 0 Å². The number of nitrogens with zero attached hydrogens (tertiary/aromatic N) is 2. The number of hydrogen-bond acceptors (Lipinski definition) is 4. The molecule has 0 radical (unpaired) electrons. The third-order valence-electron chi connectivity index (χ3n) is 3.08. The van der Waals surface area contributed by atoms with Gasteiger partial charge in [0.25, 0.3) is 5.91 Å². The molecule has 1 aromatic rings. The van der Waals surface area contributed by atoms with E-state index < -0.39 is 6.10 Å². The maximum absolute atomic E-state index is 12.4. The lowest BCUT2D eigenvalue weighted by Gasteiger charge is -2.30. The van der Waals surface area contributed by atoms with Gasteiger partial charge < -0.3 is 15.3 Å². The number of aromatic nitrogens is 1. The molecule has 1 saturated heterocycles. The normalized spacial score (nSPS) is 19.3. The summed E-state index contributed by atoms with van der Waals surface area (Å²) >= 11 is 5.93. The van der Waals surface area contributed by atoms with Crippen LogP contribution < -0.4 is 5.32 Å². The maximum Gasteiger partial charge on any atom is 0.254 e. The van der Waals surface area contributed by atoms with Gasteiger partial charge in [-0.05, 0) is 31.9 Å². The van der Waals surface area contributed by atoms with E-state index in [9.17, 15) is 9.90 Å². The molecule has 1 aliphatic heterocycles. The monoisotopic (exact) mass is 283 g/mol. The number of likely N-dealkylation sites (tertiary alicyclic amines) is 1. The summed E-state index contributed by atoms with van der Waals surface area (Å²) in [5.41, 5.74) is 0.505. The van der Waals surface area contributed by atoms with Gasteiger partial charge in [-0.15, -0.1) is 0 Å². The highest BCUT2D eigenvalue weighted by Crippen LogP contribution is 2.18. The minimum atomic E-state index is -0.428. The van der Waals surface area contributed by atoms with Gasteiger partial charge in [0.15, 0.2) is 0 Å². The van der Waals surface area contributed by atoms with Crippen LogP contribution in [0.1, 0.15) is 30.1 Å². The van der Waals surface area contributed by atoms with Crippen LogP contribution in [0.3, 0.4) is 0 Å². The Morgan fingerprint density at radius 1 is 1.63 bits per heavy atom. The molecule has 19 heavy (non-hydrogen) atoms. The molecule has 0 aliphatic carbocycles. The summed E-state index contributed by atoms with van der Waals surface area (Å²) in [6, 6.07) is 3.25. The fraction of sp³-hybridized carbons (Fsp3) is 0.538. The molecular formula is C13H18ClN3O2. The maximum atomic E-state index is 12.4. The average Bonchev–Trinajstić information content (AvgIpc) is 2.37. The molecule has 2 heterocycles. The molecule has 2 N–H and O–H groups in total. The molecule has 6 heteroatoms. The molecule has 0 spiro atoms. The zero-order chi connectivity index (χ0) is 13.8. The Hall–Kier alpha value is -1.33. The molecule has 1 atom stereocenters. The lowest BCUT2D eigenvalue weighted by molar-refractivity contribution is 0.0473. The van der Waals surface area contributed by atoms with Crippen LogP contribution in [0.4, 0.5) is 5.82 Å². The van der Waals surface area contributed by atoms with E-state index in [0.717, 1.165) is 12.8 Å². The first-order valence-corrected chi connectivity index (χ1v) is 6.86. The van der Waals surface area contributed by atoms with Crippen molar-refractivity contribution in [3.63, 3.8) is 0 Å². The predicted molar refractivity (Wildman–Crippen MR) is 74.6 cm³/mol. The molecule has 1 fully saturated rings. The number of aliphatic hydroxyl groups excluding tert-OH is 1. The van der Waals surface area contributed by atoms with Gasteiger partial charge in [0.05, 0.1) is 6.10 Å². The van der Waals surface area contributed by atoms with Gasteiger partial charge >= 0.3 is 0 Å². The number of piperidine rings is 1. The molecule has 1 aromatic heterocycles. The van der Waals surface area contributed by atoms with Crippen molar-refractivity contribution in [3.8, 4) is 0 Å². The van der Waals surface area contributed by atoms with E-state index in [2.05, 4.69) is 10.3 Å². The molecule has 1 amide bonds. The summed E-state index contributed by atoms with van der Waals surface area (Å²) in [6.07, 6.45) is 1.15. The predicted octanol–water partition coefficient (Wildman–Crippen LogP) is 1.76. The van der Waals surface area contributed by atoms with Gasteiger partial charge in [0, 0.05) is 25.2 Å². The highest BCUT2D eigenvalue weighted by molar-refractivity contribution is 6.29. The van der Waals surface area contributed by atoms with Crippen LogP contribution in [0, 0.1) is 0 Å². The van der Waals surface area contributed by atoms with Gasteiger partial charge in [0.1, 0.15) is 11.0 Å². The number of carbonyl (C=O) groups is 1. The summed E-state index contributed by atoms with van der Waals surface area (Å²) in [4.78, 5) is 18.1. The zero-order valence-electron chi connectivity index (χ0n) is 10.9. The minimum Gasteiger partial charge on any atom is -0.391 e. The first-order valence-electron chi connectivity index (χ1n) is 6.49. The Morgan fingerprint density at radius 2 is 2.42 bits per heavy atom. The molecule has 0 bridgehead atoms. The Bertz CT molecular complexity index is 467. The zero-order valence-corrected chi connectivity index (χ0v) is 11.7. The van der Waals surface area contributed by atoms with Crippen LogP contribution in [0.5, 0.6) is 0 Å². The van der Waals surface area contributed by atoms with Crippen molar-refractivity contribution in [3.05, 3.63) is 22.8 Å². The quantitative estimate of drug-likeness (QED) is 0.830. The summed E-state index contributed by atoms with van der Waals surface area (Å²) in [7, 11) is 0. The number of rotatable bonds is 3. The van der Waals surface area contributed by atoms with E-state index in [0.29, 0.717) is 36.2 Å². The van der Waals surface area contributed by atoms with Crippen molar-refractivity contribution in [2.45, 2.75) is 25.9 Å². The van der Waals surface area contributed by atoms with Gasteiger partial charge in [-0.25, -0.2) is 4.98 Å². The van der Waals surface area contributed by atoms with Crippen LogP contribution in [-0.4, -0.2) is 46.6 Å². The van der Waals surface area contributed by atoms with Gasteiger partial charge in [-0.2, -0.15) is 0 Å². The summed E-state index contributed by atoms with van der Waals surface area (Å²) in [5.74, 6) is 0.484. The highest BCUT2D eigenvalue weighted by Gasteiger charge is 2.23. The first-order chi connectivity index (χ1) is 9.10. The van der Waals surface area contributed by atoms with Crippen molar-refractivity contribution >= 4 is 23.3 Å². The van der Waals surface area contributed by atoms with Crippen LogP contribution in [0.25, 0.3) is 0 Å². The third kappa shape index (κ3) is 3.58. The first kappa shape index (κ1) is 14.1. The topological polar surface area (TPSA) is 65.5 Å². The second-order valence-corrected chi connectivity index (χ2v) is 5.03. The molecule has 104 valence electrons. The Morgan fingerprint density at radius 3 is 3.11 bits per heavy atom. The molecule has 1 aliphatic rings. The number of β-amino-alcohol motifs (C(OH)–C–C–N with tert-alkyl or cyclic N) is 1. The van der Waals surface area contributed by atoms with Crippen molar-refractivity contribution in [2.24, 2.45) is 0 Å². The van der Waals surface area contributed by atoms with Gasteiger partial charge in [0.2, 0.25) is 0 Å². The van der Waals surface area contributed by atoms with E-state index in [1.54, 1.807) is 17.0 Å². The number of amides is 1. The standard InChI is InChI=1S/C13H18ClN3O2/c1-2-15-12-7-9(6-11(14)16-12)13(19)17-5-3-4-10(18)8-17/h6-7,10,18H,2-5,8H2,1H3,(H,15,16). The molecule has 2 rings (SSSR count). The smallest absolute Gasteiger partial charge is 0.254 e. The largest absolute Gasteiger partial charge is 0.391 e. The van der Waals surface area contributed by atoms with Crippen molar-refractivity contribution in [1.29, 1.82) is 0 Å². The average molecular weight is 284 g/mol. The summed E-state index contributed by atoms with van der Waals surface area (Å²) < 4.78 is 0. The van der Waals surface area contributed by atoms with Crippen molar-refractivity contribution in [1.82, 2.24) is 9.88 Å². The van der Waals surface area contributed by atoms with Gasteiger partial charge in [-0.3, -0.25) is 4.79 Å². The van der Waals surface area contributed by atoms with Crippen molar-refractivity contribution < 1.29 is 9.90 Å². The lowest BCUT2D eigenvalue weighted by atomic mass is 10.1. The molecule has 1 unspecified atom stereocenters. The lowest BCUT2D eigenvalue weighted by Crippen LogP contribution is -2.42. The molecule has 0 saturated carbocycles. The Labute approximate surface area is 117 Å². The van der Waals surface area contributed by atoms with Crippen LogP contribution >= 0.6 is 11.6 Å². The third-order valence-corrected chi connectivity index (χ3v) is 3.28. The summed E-state index contributed by atoms with van der Waals surface area (Å²) in [5, 5.41) is 13.0. The summed E-state index contributed by atoms with van der Waals surface area (Å²) in [6.45, 7) is 3.72. The van der Waals surface area contributed by atoms with E-state index >= 15 is 0 Å². The van der Waals surface area contributed by atoms with E-state index in [-0.39, 0.29) is 5.91 Å². The number of halogens is 1. The van der Waals surface area contributed by atoms with Gasteiger partial charge in [-0.1, -0.05) is 11.6 Å². The van der Waals surface area contributed by atoms with Crippen molar-refractivity contribution in [2.75, 3.05) is 25.0 Å². The second-order valence-electron chi connectivity index (χ2n) is 4.64. The minimum absolute atomic E-state index is 0.109. The highest BCUT2D eigenvalue weighted by atomic mass is 35.5. The van der Waals surface area contributed by atoms with E-state index in [4.69, 9.17) is 11.6 Å². The molecule has 5 nitrogen and oxygen atoms in total. The number of anilines is 1. The number of aliphatic hydroxyl groups is 1. The number of hydrogen-bond donors (Lipinski definition) is 2. The van der Waals surface area contributed by atoms with E-state index in [1.165, 1.54) is 0 Å². The molecular weight excluding hydrogens is 266 g/mol. The Kier molecular flexibility index (Phi) is 4.61. The number of nitrogens with one attached hydrogen (secondary N) is 1. The number of pyridine rings is 1. The van der Waals surface area contributed by atoms with Crippen LogP contribution in [0.2, 0.25) is 5.15 Å². The fourth-order valence-electron chi connectivity index (χ4n) is 2.21. The van der Waals surface area contributed by atoms with E-state index in [1.807, 2.05) is 6.92 Å². The molecule has 0 aromatic carbocycles. The fourth-order valence-corrected chi connectivity index (χ4v) is 2.42. The number of carbonyl (C=O) groups excluding carboxylic acids is 1. The van der Waals surface area contributed by atoms with Crippen LogP contribution in [0.15, 0.2) is 12.1 Å². The SMILES string of the molecule is CCNc1cc(C(=O)N2CCCC(O)C2)cc(Cl)n1.